The van der Waals surface area contributed by atoms with Gasteiger partial charge in [-0.15, -0.1) is 11.3 Å². The predicted molar refractivity (Wildman–Crippen MR) is 75.9 cm³/mol. The van der Waals surface area contributed by atoms with Crippen molar-refractivity contribution in [2.75, 3.05) is 46.5 Å². The third-order valence-corrected chi connectivity index (χ3v) is 5.81. The quantitative estimate of drug-likeness (QED) is 0.703. The van der Waals surface area contributed by atoms with Crippen molar-refractivity contribution in [1.82, 2.24) is 14.6 Å². The van der Waals surface area contributed by atoms with E-state index in [-0.39, 0.29) is 16.4 Å². The summed E-state index contributed by atoms with van der Waals surface area (Å²) >= 11 is 0.890. The zero-order chi connectivity index (χ0) is 15.3. The number of esters is 1. The van der Waals surface area contributed by atoms with Gasteiger partial charge in [-0.25, -0.2) is 22.9 Å². The van der Waals surface area contributed by atoms with Crippen LogP contribution in [0.4, 0.5) is 0 Å². The Morgan fingerprint density at radius 2 is 2.24 bits per heavy atom. The van der Waals surface area contributed by atoms with E-state index in [1.807, 2.05) is 0 Å². The maximum atomic E-state index is 12.2. The number of hydrogen-bond acceptors (Lipinski definition) is 8. The molecule has 0 spiro atoms. The molecule has 0 aromatic carbocycles. The molecule has 1 N–H and O–H groups in total. The second kappa shape index (κ2) is 7.27. The van der Waals surface area contributed by atoms with Gasteiger partial charge in [-0.1, -0.05) is 0 Å². The molecule has 0 bridgehead atoms. The van der Waals surface area contributed by atoms with E-state index >= 15 is 0 Å². The highest BCUT2D eigenvalue weighted by Crippen LogP contribution is 2.20. The Morgan fingerprint density at radius 3 is 2.90 bits per heavy atom. The first-order chi connectivity index (χ1) is 10.0. The van der Waals surface area contributed by atoms with Crippen LogP contribution in [0.3, 0.4) is 0 Å². The molecule has 1 aliphatic heterocycles. The van der Waals surface area contributed by atoms with E-state index in [4.69, 9.17) is 4.74 Å². The Balaban J connectivity index is 1.95. The van der Waals surface area contributed by atoms with Crippen LogP contribution in [-0.2, 0) is 19.5 Å². The molecule has 1 fully saturated rings. The molecule has 2 rings (SSSR count). The van der Waals surface area contributed by atoms with Crippen LogP contribution in [0, 0.1) is 0 Å². The van der Waals surface area contributed by atoms with Crippen molar-refractivity contribution in [3.05, 3.63) is 11.2 Å². The van der Waals surface area contributed by atoms with Crippen LogP contribution < -0.4 is 4.72 Å². The van der Waals surface area contributed by atoms with Gasteiger partial charge < -0.3 is 9.47 Å². The highest BCUT2D eigenvalue weighted by atomic mass is 32.2. The van der Waals surface area contributed by atoms with Gasteiger partial charge in [-0.2, -0.15) is 0 Å². The fourth-order valence-corrected chi connectivity index (χ4v) is 4.08. The maximum Gasteiger partial charge on any atom is 0.358 e. The number of rotatable bonds is 6. The Labute approximate surface area is 127 Å². The van der Waals surface area contributed by atoms with Crippen molar-refractivity contribution < 1.29 is 22.7 Å². The van der Waals surface area contributed by atoms with Crippen molar-refractivity contribution in [1.29, 1.82) is 0 Å². The molecule has 10 heteroatoms. The van der Waals surface area contributed by atoms with Gasteiger partial charge in [0.25, 0.3) is 10.0 Å². The molecule has 0 unspecified atom stereocenters. The van der Waals surface area contributed by atoms with Crippen LogP contribution in [0.5, 0.6) is 0 Å². The zero-order valence-corrected chi connectivity index (χ0v) is 13.2. The molecule has 0 radical (unpaired) electrons. The average Bonchev–Trinajstić information content (AvgIpc) is 2.98. The molecular weight excluding hydrogens is 318 g/mol. The van der Waals surface area contributed by atoms with Crippen LogP contribution in [0.15, 0.2) is 9.72 Å². The van der Waals surface area contributed by atoms with Crippen LogP contribution >= 0.6 is 11.3 Å². The Kier molecular flexibility index (Phi) is 5.65. The molecule has 0 amide bonds. The van der Waals surface area contributed by atoms with Gasteiger partial charge >= 0.3 is 5.97 Å². The molecule has 0 aliphatic carbocycles. The molecule has 1 aromatic heterocycles. The van der Waals surface area contributed by atoms with E-state index in [1.165, 1.54) is 12.6 Å². The molecule has 1 aliphatic rings. The molecule has 118 valence electrons. The van der Waals surface area contributed by atoms with Crippen LogP contribution in [0.2, 0.25) is 0 Å². The van der Waals surface area contributed by atoms with Gasteiger partial charge in [0.05, 0.1) is 25.8 Å². The topological polar surface area (TPSA) is 97.8 Å². The molecule has 1 aromatic rings. The van der Waals surface area contributed by atoms with Crippen molar-refractivity contribution >= 4 is 27.3 Å². The third-order valence-electron chi connectivity index (χ3n) is 2.98. The summed E-state index contributed by atoms with van der Waals surface area (Å²) < 4.78 is 36.5. The smallest absolute Gasteiger partial charge is 0.358 e. The van der Waals surface area contributed by atoms with E-state index in [2.05, 4.69) is 19.3 Å². The largest absolute Gasteiger partial charge is 0.464 e. The number of morpholine rings is 1. The van der Waals surface area contributed by atoms with Crippen molar-refractivity contribution in [3.8, 4) is 0 Å². The summed E-state index contributed by atoms with van der Waals surface area (Å²) in [5.41, 5.74) is 1.13. The number of methoxy groups -OCH3 is 1. The minimum atomic E-state index is -3.76. The molecule has 21 heavy (non-hydrogen) atoms. The van der Waals surface area contributed by atoms with Gasteiger partial charge in [0.15, 0.2) is 9.90 Å². The lowest BCUT2D eigenvalue weighted by Crippen LogP contribution is -2.41. The van der Waals surface area contributed by atoms with E-state index < -0.39 is 16.0 Å². The number of nitrogens with one attached hydrogen (secondary N) is 1. The zero-order valence-electron chi connectivity index (χ0n) is 11.6. The highest BCUT2D eigenvalue weighted by Gasteiger charge is 2.26. The summed E-state index contributed by atoms with van der Waals surface area (Å²) in [5, 5.41) is 0. The fourth-order valence-electron chi connectivity index (χ4n) is 1.89. The first-order valence-electron chi connectivity index (χ1n) is 6.36. The summed E-state index contributed by atoms with van der Waals surface area (Å²) in [6.45, 7) is 3.75. The van der Waals surface area contributed by atoms with Gasteiger partial charge in [0, 0.05) is 26.2 Å². The first kappa shape index (κ1) is 16.3. The number of sulfonamides is 1. The molecule has 8 nitrogen and oxygen atoms in total. The second-order valence-corrected chi connectivity index (χ2v) is 7.15. The summed E-state index contributed by atoms with van der Waals surface area (Å²) in [4.78, 5) is 17.3. The fraction of sp³-hybridized carbons (Fsp3) is 0.636. The molecule has 0 atom stereocenters. The van der Waals surface area contributed by atoms with Gasteiger partial charge in [-0.05, 0) is 0 Å². The van der Waals surface area contributed by atoms with E-state index in [0.717, 1.165) is 24.4 Å². The standard InChI is InChI=1S/C11H17N3O5S2/c1-18-10(15)9-11(20-8-12-9)21(16,17)13-2-3-14-4-6-19-7-5-14/h8,13H,2-7H2,1H3. The monoisotopic (exact) mass is 335 g/mol. The second-order valence-electron chi connectivity index (χ2n) is 4.33. The van der Waals surface area contributed by atoms with Gasteiger partial charge in [-0.3, -0.25) is 4.90 Å². The Bertz CT molecular complexity index is 580. The van der Waals surface area contributed by atoms with Crippen LogP contribution in [0.25, 0.3) is 0 Å². The Morgan fingerprint density at radius 1 is 1.52 bits per heavy atom. The normalized spacial score (nSPS) is 16.8. The average molecular weight is 335 g/mol. The van der Waals surface area contributed by atoms with Gasteiger partial charge in [0.1, 0.15) is 0 Å². The van der Waals surface area contributed by atoms with Crippen molar-refractivity contribution in [2.45, 2.75) is 4.21 Å². The predicted octanol–water partition coefficient (Wildman–Crippen LogP) is -0.460. The molecule has 1 saturated heterocycles. The number of carbonyl (C=O) groups excluding carboxylic acids is 1. The number of carbonyl (C=O) groups is 1. The first-order valence-corrected chi connectivity index (χ1v) is 8.72. The van der Waals surface area contributed by atoms with Crippen LogP contribution in [-0.4, -0.2) is 70.8 Å². The number of ether oxygens (including phenoxy) is 2. The maximum absolute atomic E-state index is 12.2. The highest BCUT2D eigenvalue weighted by molar-refractivity contribution is 7.91. The number of aromatic nitrogens is 1. The van der Waals surface area contributed by atoms with E-state index in [0.29, 0.717) is 19.8 Å². The van der Waals surface area contributed by atoms with E-state index in [1.54, 1.807) is 0 Å². The molecule has 0 saturated carbocycles. The third kappa shape index (κ3) is 4.20. The molecule has 2 heterocycles. The van der Waals surface area contributed by atoms with Crippen molar-refractivity contribution in [2.24, 2.45) is 0 Å². The lowest BCUT2D eigenvalue weighted by molar-refractivity contribution is 0.0390. The number of hydrogen-bond donors (Lipinski definition) is 1. The summed E-state index contributed by atoms with van der Waals surface area (Å²) in [7, 11) is -2.57. The van der Waals surface area contributed by atoms with Gasteiger partial charge in [0.2, 0.25) is 0 Å². The summed E-state index contributed by atoms with van der Waals surface area (Å²) in [6.07, 6.45) is 0. The summed E-state index contributed by atoms with van der Waals surface area (Å²) in [5.74, 6) is -0.759. The Hall–Kier alpha value is -1.07. The minimum absolute atomic E-state index is 0.115. The van der Waals surface area contributed by atoms with E-state index in [9.17, 15) is 13.2 Å². The minimum Gasteiger partial charge on any atom is -0.464 e. The lowest BCUT2D eigenvalue weighted by Gasteiger charge is -2.26. The SMILES string of the molecule is COC(=O)c1ncsc1S(=O)(=O)NCCN1CCOCC1. The number of thiazole rings is 1. The molecular formula is C11H17N3O5S2. The number of nitrogens with zero attached hydrogens (tertiary/aromatic N) is 2. The summed E-state index contributed by atoms with van der Waals surface area (Å²) in [6, 6.07) is 0. The van der Waals surface area contributed by atoms with Crippen LogP contribution in [0.1, 0.15) is 10.5 Å². The lowest BCUT2D eigenvalue weighted by atomic mass is 10.4. The van der Waals surface area contributed by atoms with Crippen molar-refractivity contribution in [3.63, 3.8) is 0 Å².